The highest BCUT2D eigenvalue weighted by molar-refractivity contribution is 4.94. The highest BCUT2D eigenvalue weighted by Crippen LogP contribution is 2.25. The van der Waals surface area contributed by atoms with E-state index in [1.807, 2.05) is 0 Å². The molecule has 1 heterocycles. The van der Waals surface area contributed by atoms with Crippen molar-refractivity contribution in [2.75, 3.05) is 19.6 Å². The van der Waals surface area contributed by atoms with E-state index < -0.39 is 0 Å². The lowest BCUT2D eigenvalue weighted by Crippen LogP contribution is -2.64. The van der Waals surface area contributed by atoms with Crippen LogP contribution in [0.25, 0.3) is 0 Å². The maximum absolute atomic E-state index is 3.76. The van der Waals surface area contributed by atoms with E-state index in [0.29, 0.717) is 11.6 Å². The van der Waals surface area contributed by atoms with Crippen LogP contribution in [-0.4, -0.2) is 36.1 Å². The van der Waals surface area contributed by atoms with Crippen molar-refractivity contribution in [2.24, 2.45) is 11.8 Å². The molecular weight excluding hydrogens is 220 g/mol. The van der Waals surface area contributed by atoms with Gasteiger partial charge in [0.15, 0.2) is 0 Å². The molecule has 1 N–H and O–H groups in total. The summed E-state index contributed by atoms with van der Waals surface area (Å²) in [6.07, 6.45) is 3.89. The molecule has 0 aliphatic carbocycles. The highest BCUT2D eigenvalue weighted by Gasteiger charge is 2.35. The van der Waals surface area contributed by atoms with Gasteiger partial charge in [-0.15, -0.1) is 0 Å². The summed E-state index contributed by atoms with van der Waals surface area (Å²) in [6, 6.07) is 0.678. The fraction of sp³-hybridized carbons (Fsp3) is 1.00. The molecule has 18 heavy (non-hydrogen) atoms. The van der Waals surface area contributed by atoms with Crippen molar-refractivity contribution in [1.29, 1.82) is 0 Å². The number of nitrogens with zero attached hydrogens (tertiary/aromatic N) is 1. The number of rotatable bonds is 6. The van der Waals surface area contributed by atoms with E-state index in [-0.39, 0.29) is 0 Å². The molecule has 0 saturated carbocycles. The first-order valence-electron chi connectivity index (χ1n) is 7.93. The van der Waals surface area contributed by atoms with Gasteiger partial charge >= 0.3 is 0 Å². The monoisotopic (exact) mass is 254 g/mol. The minimum absolute atomic E-state index is 0.312. The van der Waals surface area contributed by atoms with Crippen LogP contribution in [0, 0.1) is 11.8 Å². The predicted molar refractivity (Wildman–Crippen MR) is 81.0 cm³/mol. The molecule has 1 fully saturated rings. The number of nitrogens with one attached hydrogen (secondary N) is 1. The first kappa shape index (κ1) is 16.0. The van der Waals surface area contributed by atoms with Crippen molar-refractivity contribution < 1.29 is 0 Å². The molecule has 2 heteroatoms. The molecule has 1 aliphatic rings. The molecule has 108 valence electrons. The second-order valence-electron chi connectivity index (χ2n) is 6.77. The second-order valence-corrected chi connectivity index (χ2v) is 6.77. The Labute approximate surface area is 115 Å². The van der Waals surface area contributed by atoms with Gasteiger partial charge in [0.1, 0.15) is 0 Å². The first-order chi connectivity index (χ1) is 8.44. The molecule has 0 radical (unpaired) electrons. The van der Waals surface area contributed by atoms with Crippen LogP contribution in [-0.2, 0) is 0 Å². The van der Waals surface area contributed by atoms with Gasteiger partial charge in [0.2, 0.25) is 0 Å². The SMILES string of the molecule is CCC(CC)CN1CC(C(C)CC)NCC1(C)C. The molecule has 0 bridgehead atoms. The molecule has 2 nitrogen and oxygen atoms in total. The summed E-state index contributed by atoms with van der Waals surface area (Å²) in [4.78, 5) is 2.73. The van der Waals surface area contributed by atoms with Crippen LogP contribution < -0.4 is 5.32 Å². The van der Waals surface area contributed by atoms with Crippen LogP contribution in [0.3, 0.4) is 0 Å². The van der Waals surface area contributed by atoms with E-state index in [0.717, 1.165) is 18.4 Å². The van der Waals surface area contributed by atoms with E-state index in [1.54, 1.807) is 0 Å². The summed E-state index contributed by atoms with van der Waals surface area (Å²) in [5, 5.41) is 3.76. The number of hydrogen-bond acceptors (Lipinski definition) is 2. The Hall–Kier alpha value is -0.0800. The first-order valence-corrected chi connectivity index (χ1v) is 7.93. The summed E-state index contributed by atoms with van der Waals surface area (Å²) in [7, 11) is 0. The van der Waals surface area contributed by atoms with Crippen LogP contribution in [0.4, 0.5) is 0 Å². The Morgan fingerprint density at radius 3 is 2.28 bits per heavy atom. The molecule has 0 aromatic rings. The fourth-order valence-corrected chi connectivity index (χ4v) is 2.89. The van der Waals surface area contributed by atoms with Gasteiger partial charge in [0.25, 0.3) is 0 Å². The molecule has 1 rings (SSSR count). The van der Waals surface area contributed by atoms with Gasteiger partial charge in [-0.25, -0.2) is 0 Å². The van der Waals surface area contributed by atoms with Gasteiger partial charge in [-0.05, 0) is 25.7 Å². The summed E-state index contributed by atoms with van der Waals surface area (Å²) >= 11 is 0. The second kappa shape index (κ2) is 6.91. The normalized spacial score (nSPS) is 26.5. The lowest BCUT2D eigenvalue weighted by molar-refractivity contribution is 0.0369. The maximum atomic E-state index is 3.76. The van der Waals surface area contributed by atoms with Gasteiger partial charge in [-0.1, -0.05) is 47.0 Å². The van der Waals surface area contributed by atoms with Gasteiger partial charge < -0.3 is 5.32 Å². The van der Waals surface area contributed by atoms with E-state index in [4.69, 9.17) is 0 Å². The fourth-order valence-electron chi connectivity index (χ4n) is 2.89. The van der Waals surface area contributed by atoms with Gasteiger partial charge in [0.05, 0.1) is 0 Å². The zero-order valence-electron chi connectivity index (χ0n) is 13.4. The Balaban J connectivity index is 2.65. The van der Waals surface area contributed by atoms with Crippen molar-refractivity contribution in [3.8, 4) is 0 Å². The van der Waals surface area contributed by atoms with Crippen LogP contribution in [0.15, 0.2) is 0 Å². The molecule has 1 saturated heterocycles. The van der Waals surface area contributed by atoms with Crippen LogP contribution in [0.5, 0.6) is 0 Å². The Morgan fingerprint density at radius 2 is 1.78 bits per heavy atom. The van der Waals surface area contributed by atoms with Gasteiger partial charge in [0, 0.05) is 31.2 Å². The lowest BCUT2D eigenvalue weighted by atomic mass is 9.89. The summed E-state index contributed by atoms with van der Waals surface area (Å²) in [6.45, 7) is 17.7. The molecule has 2 unspecified atom stereocenters. The van der Waals surface area contributed by atoms with Gasteiger partial charge in [-0.2, -0.15) is 0 Å². The van der Waals surface area contributed by atoms with Gasteiger partial charge in [-0.3, -0.25) is 4.90 Å². The molecule has 0 aromatic heterocycles. The van der Waals surface area contributed by atoms with E-state index in [2.05, 4.69) is 51.8 Å². The van der Waals surface area contributed by atoms with Crippen LogP contribution >= 0.6 is 0 Å². The molecule has 0 aromatic carbocycles. The Kier molecular flexibility index (Phi) is 6.13. The topological polar surface area (TPSA) is 15.3 Å². The Morgan fingerprint density at radius 1 is 1.17 bits per heavy atom. The van der Waals surface area contributed by atoms with Crippen molar-refractivity contribution >= 4 is 0 Å². The summed E-state index contributed by atoms with van der Waals surface area (Å²) in [5.74, 6) is 1.64. The minimum atomic E-state index is 0.312. The molecule has 1 aliphatic heterocycles. The predicted octanol–water partition coefficient (Wildman–Crippen LogP) is 3.52. The molecule has 0 amide bonds. The van der Waals surface area contributed by atoms with Crippen molar-refractivity contribution in [2.45, 2.75) is 72.4 Å². The van der Waals surface area contributed by atoms with E-state index in [1.165, 1.54) is 32.4 Å². The zero-order valence-corrected chi connectivity index (χ0v) is 13.4. The minimum Gasteiger partial charge on any atom is -0.311 e. The molecular formula is C16H34N2. The number of hydrogen-bond donors (Lipinski definition) is 1. The quantitative estimate of drug-likeness (QED) is 0.780. The average Bonchev–Trinajstić information content (AvgIpc) is 2.36. The van der Waals surface area contributed by atoms with Crippen molar-refractivity contribution in [3.05, 3.63) is 0 Å². The molecule has 2 atom stereocenters. The molecule has 0 spiro atoms. The largest absolute Gasteiger partial charge is 0.311 e. The Bertz CT molecular complexity index is 233. The summed E-state index contributed by atoms with van der Waals surface area (Å²) in [5.41, 5.74) is 0.312. The smallest absolute Gasteiger partial charge is 0.0278 e. The third-order valence-corrected chi connectivity index (χ3v) is 5.03. The lowest BCUT2D eigenvalue weighted by Gasteiger charge is -2.48. The zero-order chi connectivity index (χ0) is 13.8. The summed E-state index contributed by atoms with van der Waals surface area (Å²) < 4.78 is 0. The maximum Gasteiger partial charge on any atom is 0.0278 e. The van der Waals surface area contributed by atoms with E-state index in [9.17, 15) is 0 Å². The standard InChI is InChI=1S/C16H34N2/c1-7-13(4)15-11-18(10-14(8-2)9-3)16(5,6)12-17-15/h13-15,17H,7-12H2,1-6H3. The van der Waals surface area contributed by atoms with Crippen LogP contribution in [0.1, 0.15) is 60.8 Å². The van der Waals surface area contributed by atoms with Crippen molar-refractivity contribution in [3.63, 3.8) is 0 Å². The van der Waals surface area contributed by atoms with Crippen molar-refractivity contribution in [1.82, 2.24) is 10.2 Å². The third kappa shape index (κ3) is 3.96. The average molecular weight is 254 g/mol. The van der Waals surface area contributed by atoms with Crippen LogP contribution in [0.2, 0.25) is 0 Å². The highest BCUT2D eigenvalue weighted by atomic mass is 15.3. The van der Waals surface area contributed by atoms with E-state index >= 15 is 0 Å². The number of piperazine rings is 1. The third-order valence-electron chi connectivity index (χ3n) is 5.03.